The van der Waals surface area contributed by atoms with E-state index in [1.807, 2.05) is 12.1 Å². The fourth-order valence-corrected chi connectivity index (χ4v) is 3.15. The number of carbonyl (C=O) groups is 1. The molecule has 1 aliphatic rings. The molecule has 1 fully saturated rings. The van der Waals surface area contributed by atoms with Gasteiger partial charge in [-0.15, -0.1) is 0 Å². The number of aliphatic hydroxyl groups excluding tert-OH is 1. The van der Waals surface area contributed by atoms with E-state index in [1.165, 1.54) is 10.5 Å². The number of halogens is 2. The molecule has 1 aromatic rings. The van der Waals surface area contributed by atoms with Gasteiger partial charge in [0.2, 0.25) is 5.91 Å². The van der Waals surface area contributed by atoms with Crippen molar-refractivity contribution in [2.24, 2.45) is 11.8 Å². The Balaban J connectivity index is 1.85. The molecule has 1 saturated heterocycles. The SMILES string of the molecule is CC(C)Cc1ccc(CCC(=O)N2CCC(CO)C(F)(F)C2)cc1. The zero-order valence-corrected chi connectivity index (χ0v) is 14.5. The van der Waals surface area contributed by atoms with Crippen LogP contribution in [0.4, 0.5) is 8.78 Å². The molecule has 0 aromatic heterocycles. The van der Waals surface area contributed by atoms with Crippen molar-refractivity contribution >= 4 is 5.91 Å². The quantitative estimate of drug-likeness (QED) is 0.864. The second kappa shape index (κ2) is 8.06. The first-order valence-electron chi connectivity index (χ1n) is 8.66. The van der Waals surface area contributed by atoms with Gasteiger partial charge in [-0.2, -0.15) is 0 Å². The van der Waals surface area contributed by atoms with Crippen LogP contribution in [0.5, 0.6) is 0 Å². The van der Waals surface area contributed by atoms with E-state index >= 15 is 0 Å². The summed E-state index contributed by atoms with van der Waals surface area (Å²) in [5, 5.41) is 9.00. The van der Waals surface area contributed by atoms with Gasteiger partial charge in [0.15, 0.2) is 0 Å². The van der Waals surface area contributed by atoms with Gasteiger partial charge in [-0.25, -0.2) is 8.78 Å². The lowest BCUT2D eigenvalue weighted by molar-refractivity contribution is -0.154. The summed E-state index contributed by atoms with van der Waals surface area (Å²) in [6.07, 6.45) is 1.98. The molecule has 1 atom stereocenters. The number of piperidine rings is 1. The summed E-state index contributed by atoms with van der Waals surface area (Å²) in [5.74, 6) is -3.67. The lowest BCUT2D eigenvalue weighted by atomic mass is 9.93. The monoisotopic (exact) mass is 339 g/mol. The number of hydrogen-bond donors (Lipinski definition) is 1. The zero-order chi connectivity index (χ0) is 17.7. The molecule has 0 aliphatic carbocycles. The van der Waals surface area contributed by atoms with E-state index in [0.717, 1.165) is 12.0 Å². The van der Waals surface area contributed by atoms with Gasteiger partial charge in [-0.05, 0) is 36.3 Å². The fraction of sp³-hybridized carbons (Fsp3) is 0.632. The number of alkyl halides is 2. The second-order valence-corrected chi connectivity index (χ2v) is 7.16. The number of aryl methyl sites for hydroxylation is 1. The summed E-state index contributed by atoms with van der Waals surface area (Å²) in [5.41, 5.74) is 2.32. The smallest absolute Gasteiger partial charge is 0.270 e. The van der Waals surface area contributed by atoms with Crippen LogP contribution >= 0.6 is 0 Å². The first-order chi connectivity index (χ1) is 11.3. The van der Waals surface area contributed by atoms with Crippen LogP contribution in [-0.4, -0.2) is 41.5 Å². The van der Waals surface area contributed by atoms with Crippen molar-refractivity contribution in [3.8, 4) is 0 Å². The molecule has 1 amide bonds. The van der Waals surface area contributed by atoms with E-state index in [-0.39, 0.29) is 18.7 Å². The summed E-state index contributed by atoms with van der Waals surface area (Å²) < 4.78 is 27.7. The van der Waals surface area contributed by atoms with E-state index in [0.29, 0.717) is 18.9 Å². The molecule has 0 spiro atoms. The maximum atomic E-state index is 13.8. The average Bonchev–Trinajstić information content (AvgIpc) is 2.52. The lowest BCUT2D eigenvalue weighted by Crippen LogP contribution is -2.51. The standard InChI is InChI=1S/C19H27F2NO2/c1-14(2)11-16-5-3-15(4-6-16)7-8-18(24)22-10-9-17(12-23)19(20,21)13-22/h3-6,14,17,23H,7-13H2,1-2H3. The van der Waals surface area contributed by atoms with Crippen LogP contribution < -0.4 is 0 Å². The van der Waals surface area contributed by atoms with Crippen LogP contribution in [0.25, 0.3) is 0 Å². The Kier molecular flexibility index (Phi) is 6.33. The van der Waals surface area contributed by atoms with Crippen LogP contribution in [0, 0.1) is 11.8 Å². The molecule has 0 radical (unpaired) electrons. The normalized spacial score (nSPS) is 20.4. The van der Waals surface area contributed by atoms with E-state index in [1.54, 1.807) is 0 Å². The molecule has 1 N–H and O–H groups in total. The second-order valence-electron chi connectivity index (χ2n) is 7.16. The minimum atomic E-state index is -3.00. The molecule has 1 aliphatic heterocycles. The van der Waals surface area contributed by atoms with Crippen molar-refractivity contribution in [1.29, 1.82) is 0 Å². The molecule has 1 unspecified atom stereocenters. The van der Waals surface area contributed by atoms with Gasteiger partial charge in [0.25, 0.3) is 5.92 Å². The van der Waals surface area contributed by atoms with Gasteiger partial charge in [-0.1, -0.05) is 38.1 Å². The number of carbonyl (C=O) groups excluding carboxylic acids is 1. The molecule has 1 aromatic carbocycles. The number of hydrogen-bond acceptors (Lipinski definition) is 2. The van der Waals surface area contributed by atoms with Crippen LogP contribution in [-0.2, 0) is 17.6 Å². The molecular weight excluding hydrogens is 312 g/mol. The first-order valence-corrected chi connectivity index (χ1v) is 8.66. The van der Waals surface area contributed by atoms with Crippen molar-refractivity contribution in [1.82, 2.24) is 4.90 Å². The van der Waals surface area contributed by atoms with E-state index in [4.69, 9.17) is 5.11 Å². The molecule has 1 heterocycles. The van der Waals surface area contributed by atoms with Crippen molar-refractivity contribution in [3.63, 3.8) is 0 Å². The Morgan fingerprint density at radius 3 is 2.46 bits per heavy atom. The average molecular weight is 339 g/mol. The highest BCUT2D eigenvalue weighted by Gasteiger charge is 2.45. The molecule has 0 saturated carbocycles. The van der Waals surface area contributed by atoms with Crippen LogP contribution in [0.15, 0.2) is 24.3 Å². The van der Waals surface area contributed by atoms with Gasteiger partial charge < -0.3 is 10.0 Å². The Hall–Kier alpha value is -1.49. The first kappa shape index (κ1) is 18.8. The Bertz CT molecular complexity index is 543. The highest BCUT2D eigenvalue weighted by atomic mass is 19.3. The predicted molar refractivity (Wildman–Crippen MR) is 90.0 cm³/mol. The summed E-state index contributed by atoms with van der Waals surface area (Å²) in [6.45, 7) is 3.53. The third-order valence-corrected chi connectivity index (χ3v) is 4.61. The lowest BCUT2D eigenvalue weighted by Gasteiger charge is -2.37. The Morgan fingerprint density at radius 2 is 1.92 bits per heavy atom. The van der Waals surface area contributed by atoms with Crippen LogP contribution in [0.3, 0.4) is 0 Å². The van der Waals surface area contributed by atoms with Gasteiger partial charge in [0.1, 0.15) is 0 Å². The largest absolute Gasteiger partial charge is 0.396 e. The number of rotatable bonds is 6. The van der Waals surface area contributed by atoms with Gasteiger partial charge in [0.05, 0.1) is 13.2 Å². The third-order valence-electron chi connectivity index (χ3n) is 4.61. The predicted octanol–water partition coefficient (Wildman–Crippen LogP) is 3.29. The molecule has 2 rings (SSSR count). The molecule has 134 valence electrons. The van der Waals surface area contributed by atoms with Crippen LogP contribution in [0.2, 0.25) is 0 Å². The number of nitrogens with zero attached hydrogens (tertiary/aromatic N) is 1. The summed E-state index contributed by atoms with van der Waals surface area (Å²) in [4.78, 5) is 13.4. The van der Waals surface area contributed by atoms with Gasteiger partial charge in [0, 0.05) is 18.9 Å². The zero-order valence-electron chi connectivity index (χ0n) is 14.5. The van der Waals surface area contributed by atoms with Crippen molar-refractivity contribution in [3.05, 3.63) is 35.4 Å². The topological polar surface area (TPSA) is 40.5 Å². The summed E-state index contributed by atoms with van der Waals surface area (Å²) >= 11 is 0. The van der Waals surface area contributed by atoms with E-state index < -0.39 is 25.0 Å². The van der Waals surface area contributed by atoms with Crippen molar-refractivity contribution < 1.29 is 18.7 Å². The number of benzene rings is 1. The van der Waals surface area contributed by atoms with Gasteiger partial charge in [-0.3, -0.25) is 4.79 Å². The Labute approximate surface area is 142 Å². The molecule has 3 nitrogen and oxygen atoms in total. The highest BCUT2D eigenvalue weighted by Crippen LogP contribution is 2.32. The number of amides is 1. The maximum absolute atomic E-state index is 13.8. The Morgan fingerprint density at radius 1 is 1.29 bits per heavy atom. The minimum Gasteiger partial charge on any atom is -0.396 e. The minimum absolute atomic E-state index is 0.152. The van der Waals surface area contributed by atoms with Crippen LogP contribution in [0.1, 0.15) is 37.8 Å². The highest BCUT2D eigenvalue weighted by molar-refractivity contribution is 5.76. The van der Waals surface area contributed by atoms with Gasteiger partial charge >= 0.3 is 0 Å². The summed E-state index contributed by atoms with van der Waals surface area (Å²) in [6, 6.07) is 8.16. The molecule has 24 heavy (non-hydrogen) atoms. The third kappa shape index (κ3) is 5.00. The van der Waals surface area contributed by atoms with E-state index in [2.05, 4.69) is 26.0 Å². The molecular formula is C19H27F2NO2. The molecule has 5 heteroatoms. The number of aliphatic hydroxyl groups is 1. The fourth-order valence-electron chi connectivity index (χ4n) is 3.15. The maximum Gasteiger partial charge on any atom is 0.270 e. The summed E-state index contributed by atoms with van der Waals surface area (Å²) in [7, 11) is 0. The van der Waals surface area contributed by atoms with Crippen molar-refractivity contribution in [2.75, 3.05) is 19.7 Å². The van der Waals surface area contributed by atoms with E-state index in [9.17, 15) is 13.6 Å². The van der Waals surface area contributed by atoms with Crippen molar-refractivity contribution in [2.45, 2.75) is 45.5 Å². The number of likely N-dealkylation sites (tertiary alicyclic amines) is 1. The molecule has 0 bridgehead atoms.